The molecule has 3 aromatic rings. The molecule has 0 bridgehead atoms. The maximum atomic E-state index is 12.6. The van der Waals surface area contributed by atoms with Gasteiger partial charge in [-0.05, 0) is 36.8 Å². The number of rotatable bonds is 8. The predicted molar refractivity (Wildman–Crippen MR) is 123 cm³/mol. The number of carboxylic acids is 1. The van der Waals surface area contributed by atoms with Crippen molar-refractivity contribution < 1.29 is 28.3 Å². The van der Waals surface area contributed by atoms with Gasteiger partial charge in [0.15, 0.2) is 0 Å². The Bertz CT molecular complexity index is 1310. The number of nitrogens with one attached hydrogen (secondary N) is 2. The first-order valence-electron chi connectivity index (χ1n) is 10.9. The van der Waals surface area contributed by atoms with E-state index in [1.165, 1.54) is 0 Å². The van der Waals surface area contributed by atoms with Crippen LogP contribution in [0.25, 0.3) is 21.9 Å². The zero-order valence-electron chi connectivity index (χ0n) is 19.6. The molecule has 2 aromatic heterocycles. The van der Waals surface area contributed by atoms with Crippen LogP contribution in [0.5, 0.6) is 0 Å². The quantitative estimate of drug-likeness (QED) is 0.330. The summed E-state index contributed by atoms with van der Waals surface area (Å²) in [5.74, 6) is -2.13. The Hall–Kier alpha value is -3.82. The number of hydrogen-bond donors (Lipinski definition) is 3. The largest absolute Gasteiger partial charge is 0.548 e. The number of fused-ring (bicyclic) bond motifs is 2. The van der Waals surface area contributed by atoms with Gasteiger partial charge in [-0.15, -0.1) is 0 Å². The lowest BCUT2D eigenvalue weighted by molar-refractivity contribution is -0.308. The SMILES string of the molecule is Cc1c(CC(=O)N[C@@H](CCCNC(N)=O)C(=O)[O-])c(=O)oc2cc3occ(C(C)(C)C)c3cc12. The van der Waals surface area contributed by atoms with E-state index >= 15 is 0 Å². The highest BCUT2D eigenvalue weighted by Gasteiger charge is 2.23. The number of amides is 3. The number of hydrogen-bond acceptors (Lipinski definition) is 7. The Morgan fingerprint density at radius 3 is 2.47 bits per heavy atom. The van der Waals surface area contributed by atoms with Gasteiger partial charge in [-0.1, -0.05) is 20.8 Å². The number of aryl methyl sites for hydroxylation is 1. The molecule has 0 fully saturated rings. The van der Waals surface area contributed by atoms with Gasteiger partial charge in [0.1, 0.15) is 11.2 Å². The van der Waals surface area contributed by atoms with E-state index in [2.05, 4.69) is 31.4 Å². The Balaban J connectivity index is 1.86. The number of furan rings is 1. The molecule has 4 N–H and O–H groups in total. The number of nitrogens with two attached hydrogens (primary N) is 1. The van der Waals surface area contributed by atoms with Gasteiger partial charge >= 0.3 is 11.7 Å². The summed E-state index contributed by atoms with van der Waals surface area (Å²) >= 11 is 0. The van der Waals surface area contributed by atoms with Gasteiger partial charge in [0.05, 0.1) is 30.3 Å². The van der Waals surface area contributed by atoms with Crippen LogP contribution in [0, 0.1) is 6.92 Å². The van der Waals surface area contributed by atoms with Crippen LogP contribution < -0.4 is 27.1 Å². The molecule has 3 rings (SSSR count). The topological polar surface area (TPSA) is 168 Å². The highest BCUT2D eigenvalue weighted by atomic mass is 16.4. The minimum Gasteiger partial charge on any atom is -0.548 e. The smallest absolute Gasteiger partial charge is 0.340 e. The molecule has 0 saturated carbocycles. The first-order chi connectivity index (χ1) is 15.9. The summed E-state index contributed by atoms with van der Waals surface area (Å²) in [5.41, 5.74) is 6.74. The molecule has 1 atom stereocenters. The number of primary amides is 1. The number of carbonyl (C=O) groups excluding carboxylic acids is 3. The molecule has 10 nitrogen and oxygen atoms in total. The van der Waals surface area contributed by atoms with Gasteiger partial charge in [0.25, 0.3) is 0 Å². The van der Waals surface area contributed by atoms with E-state index in [0.29, 0.717) is 22.1 Å². The molecule has 182 valence electrons. The zero-order chi connectivity index (χ0) is 25.2. The molecule has 2 heterocycles. The van der Waals surface area contributed by atoms with Crippen molar-refractivity contribution in [3.05, 3.63) is 45.5 Å². The second kappa shape index (κ2) is 9.58. The Morgan fingerprint density at radius 2 is 1.85 bits per heavy atom. The van der Waals surface area contributed by atoms with E-state index in [1.807, 2.05) is 6.07 Å². The minimum atomic E-state index is -1.47. The number of urea groups is 1. The number of aliphatic carboxylic acids is 1. The van der Waals surface area contributed by atoms with Crippen molar-refractivity contribution in [2.45, 2.75) is 58.4 Å². The van der Waals surface area contributed by atoms with E-state index in [-0.39, 0.29) is 36.8 Å². The van der Waals surface area contributed by atoms with E-state index in [4.69, 9.17) is 14.6 Å². The summed E-state index contributed by atoms with van der Waals surface area (Å²) in [6, 6.07) is 1.53. The summed E-state index contributed by atoms with van der Waals surface area (Å²) in [4.78, 5) is 47.3. The highest BCUT2D eigenvalue weighted by molar-refractivity contribution is 5.97. The molecule has 0 aliphatic carbocycles. The van der Waals surface area contributed by atoms with Crippen molar-refractivity contribution in [3.63, 3.8) is 0 Å². The average molecular weight is 471 g/mol. The third kappa shape index (κ3) is 5.38. The van der Waals surface area contributed by atoms with Gasteiger partial charge in [-0.2, -0.15) is 0 Å². The first-order valence-corrected chi connectivity index (χ1v) is 10.9. The Morgan fingerprint density at radius 1 is 1.15 bits per heavy atom. The molecule has 10 heteroatoms. The lowest BCUT2D eigenvalue weighted by atomic mass is 9.86. The van der Waals surface area contributed by atoms with Gasteiger partial charge in [-0.3, -0.25) is 4.79 Å². The molecule has 0 radical (unpaired) electrons. The van der Waals surface area contributed by atoms with E-state index in [9.17, 15) is 24.3 Å². The molecular weight excluding hydrogens is 442 g/mol. The van der Waals surface area contributed by atoms with E-state index < -0.39 is 29.6 Å². The van der Waals surface area contributed by atoms with Crippen LogP contribution in [0.4, 0.5) is 4.79 Å². The Kier molecular flexibility index (Phi) is 6.99. The number of carbonyl (C=O) groups is 3. The molecule has 0 unspecified atom stereocenters. The molecule has 0 saturated heterocycles. The van der Waals surface area contributed by atoms with Crippen LogP contribution in [0.1, 0.15) is 50.3 Å². The van der Waals surface area contributed by atoms with Crippen LogP contribution in [0.3, 0.4) is 0 Å². The van der Waals surface area contributed by atoms with E-state index in [0.717, 1.165) is 10.9 Å². The molecule has 0 aliphatic rings. The molecule has 34 heavy (non-hydrogen) atoms. The highest BCUT2D eigenvalue weighted by Crippen LogP contribution is 2.35. The summed E-state index contributed by atoms with van der Waals surface area (Å²) in [6.07, 6.45) is 1.61. The van der Waals surface area contributed by atoms with Gasteiger partial charge in [0.2, 0.25) is 5.91 Å². The monoisotopic (exact) mass is 470 g/mol. The van der Waals surface area contributed by atoms with Crippen molar-refractivity contribution in [1.29, 1.82) is 0 Å². The molecule has 3 amide bonds. The zero-order valence-corrected chi connectivity index (χ0v) is 19.6. The maximum absolute atomic E-state index is 12.6. The number of carboxylic acid groups (broad SMARTS) is 1. The number of benzene rings is 1. The molecule has 0 spiro atoms. The fraction of sp³-hybridized carbons (Fsp3) is 0.417. The standard InChI is InChI=1S/C24H29N3O7/c1-12-13-8-15-16(24(2,3)4)11-33-18(15)10-19(13)34-22(31)14(12)9-20(28)27-17(21(29)30)6-5-7-26-23(25)32/h8,10-11,17H,5-7,9H2,1-4H3,(H,27,28)(H,29,30)(H3,25,26,32)/p-1/t17-/m0/s1. The second-order valence-corrected chi connectivity index (χ2v) is 9.29. The molecular formula is C24H28N3O7-. The van der Waals surface area contributed by atoms with Gasteiger partial charge in [-0.25, -0.2) is 9.59 Å². The first kappa shape index (κ1) is 24.8. The van der Waals surface area contributed by atoms with Crippen LogP contribution in [0.2, 0.25) is 0 Å². The van der Waals surface area contributed by atoms with Crippen molar-refractivity contribution in [1.82, 2.24) is 10.6 Å². The van der Waals surface area contributed by atoms with Crippen LogP contribution in [0.15, 0.2) is 32.0 Å². The fourth-order valence-corrected chi connectivity index (χ4v) is 3.87. The summed E-state index contributed by atoms with van der Waals surface area (Å²) in [7, 11) is 0. The lowest BCUT2D eigenvalue weighted by Gasteiger charge is -2.20. The predicted octanol–water partition coefficient (Wildman–Crippen LogP) is 1.37. The normalized spacial score (nSPS) is 12.6. The molecule has 0 aliphatic heterocycles. The van der Waals surface area contributed by atoms with Crippen LogP contribution in [-0.2, 0) is 21.4 Å². The minimum absolute atomic E-state index is 0.0215. The Labute approximate surface area is 195 Å². The van der Waals surface area contributed by atoms with Crippen LogP contribution >= 0.6 is 0 Å². The summed E-state index contributed by atoms with van der Waals surface area (Å²) < 4.78 is 11.1. The maximum Gasteiger partial charge on any atom is 0.340 e. The second-order valence-electron chi connectivity index (χ2n) is 9.29. The van der Waals surface area contributed by atoms with Gasteiger partial charge < -0.3 is 35.1 Å². The van der Waals surface area contributed by atoms with Crippen molar-refractivity contribution in [2.75, 3.05) is 6.54 Å². The average Bonchev–Trinajstić information content (AvgIpc) is 3.15. The van der Waals surface area contributed by atoms with Crippen molar-refractivity contribution >= 4 is 39.8 Å². The van der Waals surface area contributed by atoms with E-state index in [1.54, 1.807) is 19.3 Å². The molecule has 1 aromatic carbocycles. The van der Waals surface area contributed by atoms with Gasteiger partial charge in [0, 0.05) is 28.9 Å². The third-order valence-electron chi connectivity index (χ3n) is 5.72. The van der Waals surface area contributed by atoms with Crippen molar-refractivity contribution in [2.24, 2.45) is 5.73 Å². The summed E-state index contributed by atoms with van der Waals surface area (Å²) in [5, 5.41) is 17.7. The van der Waals surface area contributed by atoms with Crippen molar-refractivity contribution in [3.8, 4) is 0 Å². The van der Waals surface area contributed by atoms with Crippen LogP contribution in [-0.4, -0.2) is 30.5 Å². The summed E-state index contributed by atoms with van der Waals surface area (Å²) in [6.45, 7) is 8.06. The fourth-order valence-electron chi connectivity index (χ4n) is 3.87. The third-order valence-corrected chi connectivity index (χ3v) is 5.72. The lowest BCUT2D eigenvalue weighted by Crippen LogP contribution is -2.48.